The van der Waals surface area contributed by atoms with Crippen LogP contribution in [0.15, 0.2) is 48.6 Å². The predicted molar refractivity (Wildman–Crippen MR) is 406 cm³/mol. The summed E-state index contributed by atoms with van der Waals surface area (Å²) in [6, 6.07) is -0.864. The van der Waals surface area contributed by atoms with Crippen molar-refractivity contribution in [1.82, 2.24) is 5.32 Å². The number of carbonyl (C=O) groups is 1. The summed E-state index contributed by atoms with van der Waals surface area (Å²) in [5, 5.41) is 14.0. The summed E-state index contributed by atoms with van der Waals surface area (Å²) in [5.74, 6) is -0.178. The zero-order valence-electron chi connectivity index (χ0n) is 62.6. The van der Waals surface area contributed by atoms with Gasteiger partial charge in [0.05, 0.1) is 39.9 Å². The van der Waals surface area contributed by atoms with Crippen LogP contribution in [0.4, 0.5) is 0 Å². The molecule has 0 heterocycles. The first-order chi connectivity index (χ1) is 45.0. The molecule has 92 heavy (non-hydrogen) atoms. The summed E-state index contributed by atoms with van der Waals surface area (Å²) < 4.78 is 23.9. The molecule has 0 bridgehead atoms. The van der Waals surface area contributed by atoms with E-state index in [2.05, 4.69) is 55.6 Å². The predicted octanol–water partition coefficient (Wildman–Crippen LogP) is 26.9. The normalized spacial score (nSPS) is 13.7. The van der Waals surface area contributed by atoms with Gasteiger partial charge in [-0.3, -0.25) is 13.8 Å². The molecule has 0 rings (SSSR count). The van der Waals surface area contributed by atoms with Crippen LogP contribution < -0.4 is 5.32 Å². The van der Waals surface area contributed by atoms with Crippen LogP contribution in [-0.2, 0) is 18.4 Å². The first-order valence-corrected chi connectivity index (χ1v) is 42.5. The van der Waals surface area contributed by atoms with E-state index in [1.165, 1.54) is 360 Å². The van der Waals surface area contributed by atoms with Crippen LogP contribution in [0.2, 0.25) is 0 Å². The number of aliphatic hydroxyl groups excluding tert-OH is 1. The smallest absolute Gasteiger partial charge is 0.387 e. The summed E-state index contributed by atoms with van der Waals surface area (Å²) in [6.45, 7) is 4.85. The second-order valence-corrected chi connectivity index (χ2v) is 30.9. The minimum absolute atomic E-state index is 0.0581. The number of aliphatic hydroxyl groups is 1. The van der Waals surface area contributed by atoms with Crippen LogP contribution in [0.25, 0.3) is 0 Å². The van der Waals surface area contributed by atoms with Gasteiger partial charge in [-0.05, 0) is 64.2 Å². The largest absolute Gasteiger partial charge is 0.472 e. The number of quaternary nitrogens is 1. The Kier molecular flexibility index (Phi) is 72.5. The molecule has 0 aromatic rings. The van der Waals surface area contributed by atoms with E-state index >= 15 is 0 Å². The van der Waals surface area contributed by atoms with Gasteiger partial charge < -0.3 is 19.8 Å². The molecular weight excluding hydrogens is 1150 g/mol. The third-order valence-electron chi connectivity index (χ3n) is 19.0. The van der Waals surface area contributed by atoms with Crippen LogP contribution in [0, 0.1) is 0 Å². The molecule has 0 fully saturated rings. The van der Waals surface area contributed by atoms with E-state index in [9.17, 15) is 19.4 Å². The van der Waals surface area contributed by atoms with Gasteiger partial charge in [-0.2, -0.15) is 0 Å². The molecule has 0 spiro atoms. The molecular formula is C83H162N2O6P+. The quantitative estimate of drug-likeness (QED) is 0.0243. The maximum atomic E-state index is 13.1. The number of carbonyl (C=O) groups excluding carboxylic acids is 1. The number of nitrogens with one attached hydrogen (secondary N) is 1. The lowest BCUT2D eigenvalue weighted by molar-refractivity contribution is -0.870. The summed E-state index contributed by atoms with van der Waals surface area (Å²) in [6.07, 6.45) is 102. The minimum Gasteiger partial charge on any atom is -0.387 e. The molecule has 0 radical (unpaired) electrons. The van der Waals surface area contributed by atoms with Crippen molar-refractivity contribution >= 4 is 13.7 Å². The number of allylic oxidation sites excluding steroid dienone is 7. The van der Waals surface area contributed by atoms with Gasteiger partial charge in [0.2, 0.25) is 5.91 Å². The molecule has 0 aliphatic carbocycles. The van der Waals surface area contributed by atoms with Crippen molar-refractivity contribution in [3.63, 3.8) is 0 Å². The lowest BCUT2D eigenvalue weighted by Gasteiger charge is -2.25. The van der Waals surface area contributed by atoms with Crippen molar-refractivity contribution in [2.45, 2.75) is 437 Å². The van der Waals surface area contributed by atoms with Crippen LogP contribution in [0.5, 0.6) is 0 Å². The summed E-state index contributed by atoms with van der Waals surface area (Å²) >= 11 is 0. The van der Waals surface area contributed by atoms with Gasteiger partial charge in [0.15, 0.2) is 0 Å². The molecule has 0 aliphatic rings. The van der Waals surface area contributed by atoms with Crippen LogP contribution in [-0.4, -0.2) is 73.4 Å². The summed E-state index contributed by atoms with van der Waals surface area (Å²) in [5.41, 5.74) is 0. The van der Waals surface area contributed by atoms with Gasteiger partial charge in [0.1, 0.15) is 13.2 Å². The Balaban J connectivity index is 3.93. The van der Waals surface area contributed by atoms with Crippen LogP contribution in [0.3, 0.4) is 0 Å². The van der Waals surface area contributed by atoms with E-state index in [1.54, 1.807) is 6.08 Å². The van der Waals surface area contributed by atoms with Crippen molar-refractivity contribution in [2.24, 2.45) is 0 Å². The number of rotatable bonds is 77. The average molecular weight is 1320 g/mol. The Bertz CT molecular complexity index is 1640. The monoisotopic (exact) mass is 1310 g/mol. The number of unbranched alkanes of at least 4 members (excludes halogenated alkanes) is 58. The molecule has 8 nitrogen and oxygen atoms in total. The highest BCUT2D eigenvalue weighted by atomic mass is 31.2. The Hall–Kier alpha value is -1.54. The third-order valence-corrected chi connectivity index (χ3v) is 20.0. The molecule has 0 saturated carbocycles. The molecule has 9 heteroatoms. The molecule has 0 saturated heterocycles. The summed E-state index contributed by atoms with van der Waals surface area (Å²) in [4.78, 5) is 23.5. The molecule has 544 valence electrons. The molecule has 3 N–H and O–H groups in total. The van der Waals surface area contributed by atoms with Crippen LogP contribution >= 0.6 is 7.82 Å². The lowest BCUT2D eigenvalue weighted by Crippen LogP contribution is -2.45. The van der Waals surface area contributed by atoms with E-state index in [0.29, 0.717) is 17.4 Å². The molecule has 0 aliphatic heterocycles. The van der Waals surface area contributed by atoms with E-state index in [1.807, 2.05) is 27.2 Å². The third kappa shape index (κ3) is 75.8. The van der Waals surface area contributed by atoms with Gasteiger partial charge in [-0.15, -0.1) is 0 Å². The van der Waals surface area contributed by atoms with Crippen LogP contribution in [0.1, 0.15) is 425 Å². The van der Waals surface area contributed by atoms with Crippen molar-refractivity contribution in [2.75, 3.05) is 40.9 Å². The van der Waals surface area contributed by atoms with E-state index in [4.69, 9.17) is 9.05 Å². The second-order valence-electron chi connectivity index (χ2n) is 29.5. The van der Waals surface area contributed by atoms with E-state index < -0.39 is 20.0 Å². The van der Waals surface area contributed by atoms with Crippen molar-refractivity contribution in [3.8, 4) is 0 Å². The van der Waals surface area contributed by atoms with E-state index in [0.717, 1.165) is 44.9 Å². The van der Waals surface area contributed by atoms with Gasteiger partial charge >= 0.3 is 7.82 Å². The molecule has 1 amide bonds. The topological polar surface area (TPSA) is 105 Å². The Labute approximate surface area is 575 Å². The fourth-order valence-corrected chi connectivity index (χ4v) is 13.4. The van der Waals surface area contributed by atoms with Gasteiger partial charge in [0, 0.05) is 6.42 Å². The number of amides is 1. The van der Waals surface area contributed by atoms with E-state index in [-0.39, 0.29) is 19.1 Å². The highest BCUT2D eigenvalue weighted by Gasteiger charge is 2.28. The fraction of sp³-hybridized carbons (Fsp3) is 0.892. The fourth-order valence-electron chi connectivity index (χ4n) is 12.7. The Morgan fingerprint density at radius 2 is 0.630 bits per heavy atom. The zero-order chi connectivity index (χ0) is 66.9. The summed E-state index contributed by atoms with van der Waals surface area (Å²) in [7, 11) is 1.57. The molecule has 0 aromatic heterocycles. The highest BCUT2D eigenvalue weighted by molar-refractivity contribution is 7.47. The van der Waals surface area contributed by atoms with Crippen molar-refractivity contribution in [1.29, 1.82) is 0 Å². The number of hydrogen-bond donors (Lipinski definition) is 3. The van der Waals surface area contributed by atoms with Gasteiger partial charge in [-0.1, -0.05) is 403 Å². The Morgan fingerprint density at radius 3 is 0.935 bits per heavy atom. The number of hydrogen-bond acceptors (Lipinski definition) is 5. The average Bonchev–Trinajstić information content (AvgIpc) is 2.63. The first kappa shape index (κ1) is 90.5. The zero-order valence-corrected chi connectivity index (χ0v) is 63.5. The molecule has 0 aromatic carbocycles. The maximum Gasteiger partial charge on any atom is 0.472 e. The number of nitrogens with zero attached hydrogens (tertiary/aromatic N) is 1. The molecule has 3 unspecified atom stereocenters. The maximum absolute atomic E-state index is 13.1. The van der Waals surface area contributed by atoms with Crippen molar-refractivity contribution < 1.29 is 32.9 Å². The SMILES string of the molecule is CCCCCCC/C=C\C/C=C\CCCCCCCCCCCCCCCCCCCCCCCCCCCCCCCC(=O)NC(COP(=O)(O)OCC[N+](C)(C)C)C(O)/C=C/CC/C=C/CCCCCCCCCCCCCCCCCCCCCCCCC. The van der Waals surface area contributed by atoms with Crippen molar-refractivity contribution in [3.05, 3.63) is 48.6 Å². The second kappa shape index (κ2) is 73.7. The first-order valence-electron chi connectivity index (χ1n) is 41.0. The minimum atomic E-state index is -4.36. The Morgan fingerprint density at radius 1 is 0.370 bits per heavy atom. The standard InChI is InChI=1S/C83H161N2O6P/c1-6-8-10-12-14-16-18-20-22-24-26-28-30-32-34-36-37-38-39-40-41-42-43-44-45-46-47-49-51-53-55-57-59-61-63-65-67-69-71-73-75-77-83(87)84-81(80-91-92(88,89)90-79-78-85(3,4)5)82(86)76-74-72-70-68-66-64-62-60-58-56-54-52-50-48-35-33-31-29-27-25-23-21-19-17-15-13-11-9-7-2/h18,20,24,26,66,68,74,76,81-82,86H,6-17,19,21-23,25,27-65,67,69-73,75,77-80H2,1-5H3,(H-,84,87,88,89)/p+1/b20-18-,26-24-,68-66+,76-74+. The number of likely N-dealkylation sites (N-methyl/N-ethyl adjacent to an activating group) is 1. The lowest BCUT2D eigenvalue weighted by atomic mass is 10.0. The van der Waals surface area contributed by atoms with Gasteiger partial charge in [0.25, 0.3) is 0 Å². The number of phosphoric ester groups is 1. The van der Waals surface area contributed by atoms with Gasteiger partial charge in [-0.25, -0.2) is 4.57 Å². The number of phosphoric acid groups is 1. The highest BCUT2D eigenvalue weighted by Crippen LogP contribution is 2.43. The molecule has 3 atom stereocenters.